The van der Waals surface area contributed by atoms with E-state index in [0.29, 0.717) is 6.54 Å². The molecule has 0 saturated carbocycles. The molecular formula is C14H23BrN4O2. The molecule has 2 heterocycles. The highest BCUT2D eigenvalue weighted by molar-refractivity contribution is 9.10. The zero-order valence-corrected chi connectivity index (χ0v) is 14.3. The molecule has 118 valence electrons. The van der Waals surface area contributed by atoms with E-state index in [-0.39, 0.29) is 6.42 Å². The number of hydrogen-bond donors (Lipinski definition) is 1. The van der Waals surface area contributed by atoms with Gasteiger partial charge < -0.3 is 10.0 Å². The molecule has 1 N–H and O–H groups in total. The van der Waals surface area contributed by atoms with Crippen LogP contribution in [-0.4, -0.2) is 63.4 Å². The SMILES string of the molecule is CCn1nc(C)c(Br)c1CN1CCN(CCC(=O)O)CC1. The van der Waals surface area contributed by atoms with Gasteiger partial charge in [-0.05, 0) is 29.8 Å². The van der Waals surface area contributed by atoms with Gasteiger partial charge in [-0.15, -0.1) is 0 Å². The van der Waals surface area contributed by atoms with Crippen LogP contribution < -0.4 is 0 Å². The number of nitrogens with zero attached hydrogens (tertiary/aromatic N) is 4. The van der Waals surface area contributed by atoms with E-state index in [2.05, 4.69) is 42.4 Å². The summed E-state index contributed by atoms with van der Waals surface area (Å²) in [6.07, 6.45) is 0.230. The van der Waals surface area contributed by atoms with Gasteiger partial charge in [0.15, 0.2) is 0 Å². The number of hydrogen-bond acceptors (Lipinski definition) is 4. The maximum Gasteiger partial charge on any atom is 0.304 e. The summed E-state index contributed by atoms with van der Waals surface area (Å²) in [6, 6.07) is 0. The van der Waals surface area contributed by atoms with Gasteiger partial charge in [-0.1, -0.05) is 0 Å². The number of aromatic nitrogens is 2. The Hall–Kier alpha value is -0.920. The van der Waals surface area contributed by atoms with Crippen molar-refractivity contribution in [1.82, 2.24) is 19.6 Å². The van der Waals surface area contributed by atoms with E-state index < -0.39 is 5.97 Å². The first-order valence-corrected chi connectivity index (χ1v) is 8.18. The second kappa shape index (κ2) is 7.38. The summed E-state index contributed by atoms with van der Waals surface area (Å²) in [5, 5.41) is 13.3. The van der Waals surface area contributed by atoms with E-state index >= 15 is 0 Å². The zero-order chi connectivity index (χ0) is 15.4. The molecule has 1 saturated heterocycles. The van der Waals surface area contributed by atoms with Crippen molar-refractivity contribution in [1.29, 1.82) is 0 Å². The monoisotopic (exact) mass is 358 g/mol. The van der Waals surface area contributed by atoms with Crippen LogP contribution >= 0.6 is 15.9 Å². The fourth-order valence-electron chi connectivity index (χ4n) is 2.66. The summed E-state index contributed by atoms with van der Waals surface area (Å²) in [6.45, 7) is 10.4. The number of carboxylic acid groups (broad SMARTS) is 1. The first-order valence-electron chi connectivity index (χ1n) is 7.39. The van der Waals surface area contributed by atoms with Crippen LogP contribution in [0, 0.1) is 6.92 Å². The number of aryl methyl sites for hydroxylation is 2. The van der Waals surface area contributed by atoms with E-state index in [9.17, 15) is 4.79 Å². The molecule has 6 nitrogen and oxygen atoms in total. The normalized spacial score (nSPS) is 17.3. The molecular weight excluding hydrogens is 336 g/mol. The molecule has 0 aromatic carbocycles. The van der Waals surface area contributed by atoms with Gasteiger partial charge in [-0.3, -0.25) is 14.4 Å². The van der Waals surface area contributed by atoms with Gasteiger partial charge >= 0.3 is 5.97 Å². The van der Waals surface area contributed by atoms with Crippen molar-refractivity contribution in [3.05, 3.63) is 15.9 Å². The van der Waals surface area contributed by atoms with Crippen molar-refractivity contribution >= 4 is 21.9 Å². The highest BCUT2D eigenvalue weighted by atomic mass is 79.9. The summed E-state index contributed by atoms with van der Waals surface area (Å²) < 4.78 is 3.16. The van der Waals surface area contributed by atoms with E-state index in [4.69, 9.17) is 5.11 Å². The molecule has 1 aromatic rings. The predicted octanol–water partition coefficient (Wildman–Crippen LogP) is 1.57. The third-order valence-electron chi connectivity index (χ3n) is 3.93. The van der Waals surface area contributed by atoms with Gasteiger partial charge in [-0.25, -0.2) is 0 Å². The number of aliphatic carboxylic acids is 1. The smallest absolute Gasteiger partial charge is 0.304 e. The van der Waals surface area contributed by atoms with Crippen LogP contribution in [0.3, 0.4) is 0 Å². The molecule has 21 heavy (non-hydrogen) atoms. The van der Waals surface area contributed by atoms with Gasteiger partial charge in [0.2, 0.25) is 0 Å². The maximum atomic E-state index is 10.6. The van der Waals surface area contributed by atoms with Gasteiger partial charge in [0, 0.05) is 45.8 Å². The lowest BCUT2D eigenvalue weighted by molar-refractivity contribution is -0.137. The molecule has 7 heteroatoms. The Morgan fingerprint density at radius 3 is 2.48 bits per heavy atom. The number of carboxylic acids is 1. The molecule has 0 amide bonds. The van der Waals surface area contributed by atoms with Crippen molar-refractivity contribution in [2.45, 2.75) is 33.4 Å². The molecule has 1 fully saturated rings. The minimum absolute atomic E-state index is 0.230. The van der Waals surface area contributed by atoms with Gasteiger partial charge in [0.1, 0.15) is 0 Å². The molecule has 0 unspecified atom stereocenters. The Morgan fingerprint density at radius 2 is 1.90 bits per heavy atom. The largest absolute Gasteiger partial charge is 0.481 e. The summed E-state index contributed by atoms with van der Waals surface area (Å²) in [4.78, 5) is 15.2. The average Bonchev–Trinajstić information content (AvgIpc) is 2.74. The molecule has 2 rings (SSSR count). The Balaban J connectivity index is 1.87. The minimum Gasteiger partial charge on any atom is -0.481 e. The van der Waals surface area contributed by atoms with Crippen LogP contribution in [0.15, 0.2) is 4.47 Å². The van der Waals surface area contributed by atoms with Crippen molar-refractivity contribution in [2.75, 3.05) is 32.7 Å². The van der Waals surface area contributed by atoms with E-state index in [1.54, 1.807) is 0 Å². The predicted molar refractivity (Wildman–Crippen MR) is 84.3 cm³/mol. The lowest BCUT2D eigenvalue weighted by atomic mass is 10.2. The van der Waals surface area contributed by atoms with Crippen LogP contribution in [0.4, 0.5) is 0 Å². The molecule has 0 aliphatic carbocycles. The van der Waals surface area contributed by atoms with Gasteiger partial charge in [-0.2, -0.15) is 5.10 Å². The highest BCUT2D eigenvalue weighted by Gasteiger charge is 2.20. The third kappa shape index (κ3) is 4.28. The molecule has 1 aliphatic rings. The van der Waals surface area contributed by atoms with Crippen molar-refractivity contribution in [3.8, 4) is 0 Å². The van der Waals surface area contributed by atoms with Gasteiger partial charge in [0.25, 0.3) is 0 Å². The zero-order valence-electron chi connectivity index (χ0n) is 12.7. The fraction of sp³-hybridized carbons (Fsp3) is 0.714. The summed E-state index contributed by atoms with van der Waals surface area (Å²) in [5.41, 5.74) is 2.26. The maximum absolute atomic E-state index is 10.6. The first-order chi connectivity index (χ1) is 10.0. The minimum atomic E-state index is -0.719. The third-order valence-corrected chi connectivity index (χ3v) is 4.96. The number of halogens is 1. The Labute approximate surface area is 133 Å². The average molecular weight is 359 g/mol. The van der Waals surface area contributed by atoms with Crippen LogP contribution in [0.25, 0.3) is 0 Å². The van der Waals surface area contributed by atoms with Crippen LogP contribution in [0.1, 0.15) is 24.7 Å². The Bertz CT molecular complexity index is 495. The first kappa shape index (κ1) is 16.5. The lowest BCUT2D eigenvalue weighted by Crippen LogP contribution is -2.46. The Morgan fingerprint density at radius 1 is 1.29 bits per heavy atom. The fourth-order valence-corrected chi connectivity index (χ4v) is 3.07. The van der Waals surface area contributed by atoms with Crippen molar-refractivity contribution < 1.29 is 9.90 Å². The summed E-state index contributed by atoms with van der Waals surface area (Å²) >= 11 is 3.64. The number of piperazine rings is 1. The van der Waals surface area contributed by atoms with Crippen LogP contribution in [-0.2, 0) is 17.9 Å². The van der Waals surface area contributed by atoms with Crippen LogP contribution in [0.5, 0.6) is 0 Å². The quantitative estimate of drug-likeness (QED) is 0.836. The molecule has 0 radical (unpaired) electrons. The van der Waals surface area contributed by atoms with Crippen LogP contribution in [0.2, 0.25) is 0 Å². The second-order valence-electron chi connectivity index (χ2n) is 5.42. The summed E-state index contributed by atoms with van der Waals surface area (Å²) in [5.74, 6) is -0.719. The standard InChI is InChI=1S/C14H23BrN4O2/c1-3-19-12(14(15)11(2)16-19)10-18-8-6-17(7-9-18)5-4-13(20)21/h3-10H2,1-2H3,(H,20,21). The topological polar surface area (TPSA) is 61.6 Å². The lowest BCUT2D eigenvalue weighted by Gasteiger charge is -2.34. The molecule has 0 spiro atoms. The molecule has 1 aromatic heterocycles. The second-order valence-corrected chi connectivity index (χ2v) is 6.22. The van der Waals surface area contributed by atoms with E-state index in [1.165, 1.54) is 5.69 Å². The molecule has 0 atom stereocenters. The van der Waals surface area contributed by atoms with Crippen molar-refractivity contribution in [2.24, 2.45) is 0 Å². The number of rotatable bonds is 6. The van der Waals surface area contributed by atoms with Crippen molar-refractivity contribution in [3.63, 3.8) is 0 Å². The molecule has 1 aliphatic heterocycles. The number of carbonyl (C=O) groups is 1. The van der Waals surface area contributed by atoms with Gasteiger partial charge in [0.05, 0.1) is 22.3 Å². The highest BCUT2D eigenvalue weighted by Crippen LogP contribution is 2.23. The summed E-state index contributed by atoms with van der Waals surface area (Å²) in [7, 11) is 0. The van der Waals surface area contributed by atoms with E-state index in [0.717, 1.165) is 49.4 Å². The Kier molecular flexibility index (Phi) is 5.78. The van der Waals surface area contributed by atoms with E-state index in [1.807, 2.05) is 6.92 Å². The molecule has 0 bridgehead atoms.